The van der Waals surface area contributed by atoms with Crippen LogP contribution in [-0.2, 0) is 0 Å². The molecule has 0 spiro atoms. The van der Waals surface area contributed by atoms with Gasteiger partial charge in [-0.3, -0.25) is 4.98 Å². The van der Waals surface area contributed by atoms with Gasteiger partial charge in [0.15, 0.2) is 0 Å². The second-order valence-corrected chi connectivity index (χ2v) is 6.51. The first-order chi connectivity index (χ1) is 10.2. The molecule has 3 atom stereocenters. The SMILES string of the molecule is CCNC(c1ccc2nc(C)ccc2c1)C1CCCC1C. The first kappa shape index (κ1) is 14.5. The number of aryl methyl sites for hydroxylation is 1. The molecule has 112 valence electrons. The van der Waals surface area contributed by atoms with E-state index in [1.807, 2.05) is 0 Å². The van der Waals surface area contributed by atoms with Crippen molar-refractivity contribution >= 4 is 10.9 Å². The van der Waals surface area contributed by atoms with Crippen LogP contribution in [0.25, 0.3) is 10.9 Å². The summed E-state index contributed by atoms with van der Waals surface area (Å²) in [5, 5.41) is 4.98. The lowest BCUT2D eigenvalue weighted by Gasteiger charge is -2.28. The van der Waals surface area contributed by atoms with Crippen LogP contribution < -0.4 is 5.32 Å². The predicted molar refractivity (Wildman–Crippen MR) is 89.4 cm³/mol. The van der Waals surface area contributed by atoms with Crippen molar-refractivity contribution in [2.24, 2.45) is 11.8 Å². The molecular weight excluding hydrogens is 256 g/mol. The van der Waals surface area contributed by atoms with Crippen LogP contribution >= 0.6 is 0 Å². The highest BCUT2D eigenvalue weighted by atomic mass is 14.9. The Morgan fingerprint density at radius 3 is 2.81 bits per heavy atom. The van der Waals surface area contributed by atoms with Gasteiger partial charge < -0.3 is 5.32 Å². The van der Waals surface area contributed by atoms with E-state index in [2.05, 4.69) is 61.4 Å². The maximum Gasteiger partial charge on any atom is 0.0705 e. The molecule has 2 heteroatoms. The van der Waals surface area contributed by atoms with E-state index >= 15 is 0 Å². The molecule has 1 aliphatic rings. The van der Waals surface area contributed by atoms with Crippen LogP contribution in [0.15, 0.2) is 30.3 Å². The van der Waals surface area contributed by atoms with Crippen molar-refractivity contribution in [3.8, 4) is 0 Å². The lowest BCUT2D eigenvalue weighted by molar-refractivity contribution is 0.306. The van der Waals surface area contributed by atoms with E-state index in [9.17, 15) is 0 Å². The molecule has 21 heavy (non-hydrogen) atoms. The van der Waals surface area contributed by atoms with Gasteiger partial charge in [-0.1, -0.05) is 38.8 Å². The molecule has 2 aromatic rings. The molecule has 1 heterocycles. The van der Waals surface area contributed by atoms with Gasteiger partial charge in [-0.05, 0) is 55.5 Å². The lowest BCUT2D eigenvalue weighted by Crippen LogP contribution is -2.29. The molecule has 1 aromatic heterocycles. The third kappa shape index (κ3) is 2.96. The number of fused-ring (bicyclic) bond motifs is 1. The van der Waals surface area contributed by atoms with Crippen molar-refractivity contribution in [2.75, 3.05) is 6.54 Å². The summed E-state index contributed by atoms with van der Waals surface area (Å²) < 4.78 is 0. The van der Waals surface area contributed by atoms with Gasteiger partial charge in [0, 0.05) is 17.1 Å². The average molecular weight is 282 g/mol. The molecule has 1 N–H and O–H groups in total. The number of benzene rings is 1. The smallest absolute Gasteiger partial charge is 0.0705 e. The largest absolute Gasteiger partial charge is 0.310 e. The van der Waals surface area contributed by atoms with Crippen molar-refractivity contribution in [1.29, 1.82) is 0 Å². The Hall–Kier alpha value is -1.41. The topological polar surface area (TPSA) is 24.9 Å². The highest BCUT2D eigenvalue weighted by molar-refractivity contribution is 5.79. The quantitative estimate of drug-likeness (QED) is 0.884. The van der Waals surface area contributed by atoms with Gasteiger partial charge >= 0.3 is 0 Å². The van der Waals surface area contributed by atoms with Crippen LogP contribution in [0.4, 0.5) is 0 Å². The summed E-state index contributed by atoms with van der Waals surface area (Å²) in [6.07, 6.45) is 4.10. The molecule has 0 bridgehead atoms. The standard InChI is InChI=1S/C19H26N2/c1-4-20-19(17-7-5-6-13(17)2)16-10-11-18-15(12-16)9-8-14(3)21-18/h8-13,17,19-20H,4-7H2,1-3H3. The number of rotatable bonds is 4. The summed E-state index contributed by atoms with van der Waals surface area (Å²) in [5.41, 5.74) is 3.62. The van der Waals surface area contributed by atoms with Gasteiger partial charge in [-0.15, -0.1) is 0 Å². The van der Waals surface area contributed by atoms with Crippen molar-refractivity contribution in [3.63, 3.8) is 0 Å². The second kappa shape index (κ2) is 6.15. The minimum absolute atomic E-state index is 0.484. The summed E-state index contributed by atoms with van der Waals surface area (Å²) in [6, 6.07) is 11.6. The Labute approximate surface area is 128 Å². The molecule has 1 aromatic carbocycles. The van der Waals surface area contributed by atoms with Crippen LogP contribution in [0.3, 0.4) is 0 Å². The Bertz CT molecular complexity index is 620. The van der Waals surface area contributed by atoms with Crippen LogP contribution in [0, 0.1) is 18.8 Å². The Kier molecular flexibility index (Phi) is 4.25. The third-order valence-corrected chi connectivity index (χ3v) is 4.99. The molecule has 1 saturated carbocycles. The maximum absolute atomic E-state index is 4.61. The molecule has 0 saturated heterocycles. The third-order valence-electron chi connectivity index (χ3n) is 4.99. The monoisotopic (exact) mass is 282 g/mol. The van der Waals surface area contributed by atoms with Crippen molar-refractivity contribution in [3.05, 3.63) is 41.6 Å². The maximum atomic E-state index is 4.61. The summed E-state index contributed by atoms with van der Waals surface area (Å²) in [6.45, 7) is 7.69. The molecule has 2 nitrogen and oxygen atoms in total. The summed E-state index contributed by atoms with van der Waals surface area (Å²) in [5.74, 6) is 1.58. The van der Waals surface area contributed by atoms with E-state index in [1.165, 1.54) is 30.2 Å². The highest BCUT2D eigenvalue weighted by Crippen LogP contribution is 2.40. The number of nitrogens with zero attached hydrogens (tertiary/aromatic N) is 1. The van der Waals surface area contributed by atoms with E-state index in [-0.39, 0.29) is 0 Å². The fourth-order valence-corrected chi connectivity index (χ4v) is 3.85. The van der Waals surface area contributed by atoms with Crippen LogP contribution in [0.1, 0.15) is 50.4 Å². The molecule has 0 aliphatic heterocycles. The van der Waals surface area contributed by atoms with Crippen molar-refractivity contribution in [1.82, 2.24) is 10.3 Å². The van der Waals surface area contributed by atoms with Crippen molar-refractivity contribution in [2.45, 2.75) is 46.1 Å². The fraction of sp³-hybridized carbons (Fsp3) is 0.526. The van der Waals surface area contributed by atoms with Crippen LogP contribution in [0.2, 0.25) is 0 Å². The van der Waals surface area contributed by atoms with E-state index < -0.39 is 0 Å². The number of nitrogens with one attached hydrogen (secondary N) is 1. The zero-order chi connectivity index (χ0) is 14.8. The summed E-state index contributed by atoms with van der Waals surface area (Å²) in [4.78, 5) is 4.61. The van der Waals surface area contributed by atoms with Gasteiger partial charge in [0.05, 0.1) is 5.52 Å². The molecule has 1 fully saturated rings. The first-order valence-corrected chi connectivity index (χ1v) is 8.29. The zero-order valence-electron chi connectivity index (χ0n) is 13.4. The van der Waals surface area contributed by atoms with Gasteiger partial charge in [0.25, 0.3) is 0 Å². The number of pyridine rings is 1. The van der Waals surface area contributed by atoms with Gasteiger partial charge in [-0.25, -0.2) is 0 Å². The predicted octanol–water partition coefficient (Wildman–Crippen LogP) is 4.63. The molecular formula is C19H26N2. The van der Waals surface area contributed by atoms with E-state index in [0.717, 1.165) is 29.6 Å². The highest BCUT2D eigenvalue weighted by Gasteiger charge is 2.31. The zero-order valence-corrected chi connectivity index (χ0v) is 13.4. The summed E-state index contributed by atoms with van der Waals surface area (Å²) >= 11 is 0. The normalized spacial score (nSPS) is 23.6. The Morgan fingerprint density at radius 1 is 1.24 bits per heavy atom. The summed E-state index contributed by atoms with van der Waals surface area (Å²) in [7, 11) is 0. The van der Waals surface area contributed by atoms with Gasteiger partial charge in [-0.2, -0.15) is 0 Å². The van der Waals surface area contributed by atoms with Crippen LogP contribution in [0.5, 0.6) is 0 Å². The first-order valence-electron chi connectivity index (χ1n) is 8.29. The van der Waals surface area contributed by atoms with Gasteiger partial charge in [0.2, 0.25) is 0 Å². The second-order valence-electron chi connectivity index (χ2n) is 6.51. The lowest BCUT2D eigenvalue weighted by atomic mass is 9.85. The minimum Gasteiger partial charge on any atom is -0.310 e. The molecule has 3 rings (SSSR count). The molecule has 0 radical (unpaired) electrons. The van der Waals surface area contributed by atoms with E-state index in [4.69, 9.17) is 0 Å². The van der Waals surface area contributed by atoms with E-state index in [1.54, 1.807) is 0 Å². The van der Waals surface area contributed by atoms with Gasteiger partial charge in [0.1, 0.15) is 0 Å². The number of hydrogen-bond donors (Lipinski definition) is 1. The van der Waals surface area contributed by atoms with Crippen molar-refractivity contribution < 1.29 is 0 Å². The number of hydrogen-bond acceptors (Lipinski definition) is 2. The molecule has 1 aliphatic carbocycles. The number of aromatic nitrogens is 1. The Morgan fingerprint density at radius 2 is 2.10 bits per heavy atom. The van der Waals surface area contributed by atoms with E-state index in [0.29, 0.717) is 6.04 Å². The average Bonchev–Trinajstić information content (AvgIpc) is 2.90. The minimum atomic E-state index is 0.484. The molecule has 3 unspecified atom stereocenters. The molecule has 0 amide bonds. The Balaban J connectivity index is 1.96. The fourth-order valence-electron chi connectivity index (χ4n) is 3.85. The van der Waals surface area contributed by atoms with Crippen LogP contribution in [-0.4, -0.2) is 11.5 Å².